The van der Waals surface area contributed by atoms with E-state index >= 15 is 0 Å². The molecule has 0 saturated carbocycles. The Morgan fingerprint density at radius 2 is 2.12 bits per heavy atom. The largest absolute Gasteiger partial charge is 0.397 e. The van der Waals surface area contributed by atoms with Crippen molar-refractivity contribution < 1.29 is 4.79 Å². The van der Waals surface area contributed by atoms with Gasteiger partial charge in [0.05, 0.1) is 15.6 Å². The van der Waals surface area contributed by atoms with Crippen LogP contribution in [0.4, 0.5) is 10.7 Å². The first kappa shape index (κ1) is 14.0. The van der Waals surface area contributed by atoms with Crippen molar-refractivity contribution in [1.82, 2.24) is 0 Å². The third-order valence-electron chi connectivity index (χ3n) is 2.60. The van der Waals surface area contributed by atoms with E-state index in [9.17, 15) is 4.79 Å². The second kappa shape index (κ2) is 6.05. The Balaban J connectivity index is 2.94. The lowest BCUT2D eigenvalue weighted by molar-refractivity contribution is 0.0993. The van der Waals surface area contributed by atoms with Crippen LogP contribution in [-0.4, -0.2) is 18.9 Å². The number of rotatable bonds is 6. The fourth-order valence-corrected chi connectivity index (χ4v) is 2.90. The van der Waals surface area contributed by atoms with Gasteiger partial charge in [-0.25, -0.2) is 0 Å². The van der Waals surface area contributed by atoms with Crippen LogP contribution in [0.5, 0.6) is 0 Å². The number of nitrogen functional groups attached to an aromatic ring is 1. The van der Waals surface area contributed by atoms with Crippen molar-refractivity contribution in [2.75, 3.05) is 23.7 Å². The number of thiophene rings is 1. The predicted octanol–water partition coefficient (Wildman–Crippen LogP) is 3.41. The molecule has 17 heavy (non-hydrogen) atoms. The number of nitrogens with two attached hydrogens (primary N) is 1. The van der Waals surface area contributed by atoms with Crippen LogP contribution in [-0.2, 0) is 0 Å². The molecule has 0 saturated heterocycles. The third-order valence-corrected chi connectivity index (χ3v) is 3.85. The standard InChI is InChI=1S/C13H22N2OS/c1-5-11(16)13-10(14)7-12(17-13)15(6-2)8-9(3)4/h7,9H,5-6,8,14H2,1-4H3. The molecule has 0 aliphatic heterocycles. The Morgan fingerprint density at radius 1 is 1.47 bits per heavy atom. The maximum Gasteiger partial charge on any atom is 0.174 e. The maximum atomic E-state index is 11.7. The Morgan fingerprint density at radius 3 is 2.59 bits per heavy atom. The van der Waals surface area contributed by atoms with Gasteiger partial charge in [-0.05, 0) is 18.9 Å². The zero-order valence-electron chi connectivity index (χ0n) is 11.1. The number of carbonyl (C=O) groups excluding carboxylic acids is 1. The average molecular weight is 254 g/mol. The fourth-order valence-electron chi connectivity index (χ4n) is 1.74. The minimum atomic E-state index is 0.138. The number of hydrogen-bond acceptors (Lipinski definition) is 4. The summed E-state index contributed by atoms with van der Waals surface area (Å²) in [5.74, 6) is 0.739. The molecular formula is C13H22N2OS. The smallest absolute Gasteiger partial charge is 0.174 e. The van der Waals surface area contributed by atoms with E-state index in [4.69, 9.17) is 5.73 Å². The van der Waals surface area contributed by atoms with Gasteiger partial charge in [0, 0.05) is 19.5 Å². The van der Waals surface area contributed by atoms with Crippen molar-refractivity contribution in [1.29, 1.82) is 0 Å². The quantitative estimate of drug-likeness (QED) is 0.791. The van der Waals surface area contributed by atoms with E-state index in [1.165, 1.54) is 11.3 Å². The molecule has 0 amide bonds. The normalized spacial score (nSPS) is 10.9. The lowest BCUT2D eigenvalue weighted by Gasteiger charge is -2.23. The number of nitrogens with zero attached hydrogens (tertiary/aromatic N) is 1. The first-order chi connectivity index (χ1) is 7.99. The molecular weight excluding hydrogens is 232 g/mol. The van der Waals surface area contributed by atoms with Crippen molar-refractivity contribution >= 4 is 27.8 Å². The Hall–Kier alpha value is -1.03. The fraction of sp³-hybridized carbons (Fsp3) is 0.615. The molecule has 0 atom stereocenters. The van der Waals surface area contributed by atoms with Gasteiger partial charge in [0.25, 0.3) is 0 Å². The van der Waals surface area contributed by atoms with E-state index in [2.05, 4.69) is 25.7 Å². The average Bonchev–Trinajstić information content (AvgIpc) is 2.66. The second-order valence-electron chi connectivity index (χ2n) is 4.58. The Labute approximate surface area is 108 Å². The van der Waals surface area contributed by atoms with Crippen LogP contribution < -0.4 is 10.6 Å². The van der Waals surface area contributed by atoms with Crippen molar-refractivity contribution in [3.05, 3.63) is 10.9 Å². The highest BCUT2D eigenvalue weighted by molar-refractivity contribution is 7.18. The zero-order chi connectivity index (χ0) is 13.0. The molecule has 96 valence electrons. The van der Waals surface area contributed by atoms with Gasteiger partial charge in [0.15, 0.2) is 5.78 Å². The minimum absolute atomic E-state index is 0.138. The van der Waals surface area contributed by atoms with Gasteiger partial charge >= 0.3 is 0 Å². The van der Waals surface area contributed by atoms with Gasteiger partial charge in [-0.15, -0.1) is 11.3 Å². The van der Waals surface area contributed by atoms with Gasteiger partial charge in [-0.2, -0.15) is 0 Å². The van der Waals surface area contributed by atoms with Gasteiger partial charge in [-0.1, -0.05) is 20.8 Å². The molecule has 2 N–H and O–H groups in total. The van der Waals surface area contributed by atoms with E-state index in [1.807, 2.05) is 13.0 Å². The van der Waals surface area contributed by atoms with Gasteiger partial charge < -0.3 is 10.6 Å². The molecule has 0 aliphatic rings. The SMILES string of the molecule is CCC(=O)c1sc(N(CC)CC(C)C)cc1N. The molecule has 0 aromatic carbocycles. The first-order valence-electron chi connectivity index (χ1n) is 6.17. The molecule has 1 rings (SSSR count). The number of ketones is 1. The number of hydrogen-bond donors (Lipinski definition) is 1. The van der Waals surface area contributed by atoms with E-state index in [0.29, 0.717) is 22.9 Å². The topological polar surface area (TPSA) is 46.3 Å². The van der Waals surface area contributed by atoms with Crippen LogP contribution >= 0.6 is 11.3 Å². The summed E-state index contributed by atoms with van der Waals surface area (Å²) in [5, 5.41) is 1.11. The highest BCUT2D eigenvalue weighted by atomic mass is 32.1. The van der Waals surface area contributed by atoms with Crippen LogP contribution in [0, 0.1) is 5.92 Å². The molecule has 4 heteroatoms. The summed E-state index contributed by atoms with van der Waals surface area (Å²) < 4.78 is 0. The van der Waals surface area contributed by atoms with Crippen molar-refractivity contribution in [2.45, 2.75) is 34.1 Å². The first-order valence-corrected chi connectivity index (χ1v) is 6.98. The highest BCUT2D eigenvalue weighted by Gasteiger charge is 2.16. The molecule has 3 nitrogen and oxygen atoms in total. The molecule has 0 unspecified atom stereocenters. The molecule has 0 fully saturated rings. The van der Waals surface area contributed by atoms with Gasteiger partial charge in [-0.3, -0.25) is 4.79 Å². The Bertz CT molecular complexity index is 385. The number of anilines is 2. The summed E-state index contributed by atoms with van der Waals surface area (Å²) in [6.07, 6.45) is 0.514. The van der Waals surface area contributed by atoms with Gasteiger partial charge in [0.2, 0.25) is 0 Å². The molecule has 1 aromatic rings. The van der Waals surface area contributed by atoms with Crippen LogP contribution in [0.25, 0.3) is 0 Å². The summed E-state index contributed by atoms with van der Waals surface area (Å²) >= 11 is 1.52. The summed E-state index contributed by atoms with van der Waals surface area (Å²) in [7, 11) is 0. The molecule has 0 radical (unpaired) electrons. The lowest BCUT2D eigenvalue weighted by Crippen LogP contribution is -2.26. The lowest BCUT2D eigenvalue weighted by atomic mass is 10.2. The summed E-state index contributed by atoms with van der Waals surface area (Å²) in [5.41, 5.74) is 6.53. The van der Waals surface area contributed by atoms with Gasteiger partial charge in [0.1, 0.15) is 0 Å². The number of carbonyl (C=O) groups is 1. The van der Waals surface area contributed by atoms with Crippen molar-refractivity contribution in [2.24, 2.45) is 5.92 Å². The van der Waals surface area contributed by atoms with Crippen LogP contribution in [0.15, 0.2) is 6.07 Å². The van der Waals surface area contributed by atoms with Crippen LogP contribution in [0.3, 0.4) is 0 Å². The second-order valence-corrected chi connectivity index (χ2v) is 5.61. The summed E-state index contributed by atoms with van der Waals surface area (Å²) in [4.78, 5) is 14.7. The van der Waals surface area contributed by atoms with Crippen LogP contribution in [0.1, 0.15) is 43.8 Å². The summed E-state index contributed by atoms with van der Waals surface area (Å²) in [6.45, 7) is 10.3. The molecule has 1 heterocycles. The predicted molar refractivity (Wildman–Crippen MR) is 76.1 cm³/mol. The monoisotopic (exact) mass is 254 g/mol. The molecule has 0 spiro atoms. The minimum Gasteiger partial charge on any atom is -0.397 e. The Kier molecular flexibility index (Phi) is 5.00. The number of Topliss-reactive ketones (excluding diaryl/α,β-unsaturated/α-hetero) is 1. The van der Waals surface area contributed by atoms with Crippen LogP contribution in [0.2, 0.25) is 0 Å². The zero-order valence-corrected chi connectivity index (χ0v) is 11.9. The van der Waals surface area contributed by atoms with Crippen molar-refractivity contribution in [3.8, 4) is 0 Å². The van der Waals surface area contributed by atoms with Crippen molar-refractivity contribution in [3.63, 3.8) is 0 Å². The van der Waals surface area contributed by atoms with E-state index in [0.717, 1.165) is 18.1 Å². The third kappa shape index (κ3) is 3.46. The molecule has 0 bridgehead atoms. The van der Waals surface area contributed by atoms with E-state index < -0.39 is 0 Å². The van der Waals surface area contributed by atoms with E-state index in [-0.39, 0.29) is 5.78 Å². The van der Waals surface area contributed by atoms with E-state index in [1.54, 1.807) is 0 Å². The highest BCUT2D eigenvalue weighted by Crippen LogP contribution is 2.33. The molecule has 0 aliphatic carbocycles. The molecule has 1 aromatic heterocycles. The summed E-state index contributed by atoms with van der Waals surface area (Å²) in [6, 6.07) is 1.93. The maximum absolute atomic E-state index is 11.7.